The molecule has 3 aromatic rings. The average Bonchev–Trinajstić information content (AvgIpc) is 2.41. The van der Waals surface area contributed by atoms with Gasteiger partial charge in [0, 0.05) is 16.1 Å². The summed E-state index contributed by atoms with van der Waals surface area (Å²) < 4.78 is 1.76. The summed E-state index contributed by atoms with van der Waals surface area (Å²) in [6.07, 6.45) is 3.39. The largest absolute Gasteiger partial charge is 0.397 e. The molecular weight excluding hydrogens is 384 g/mol. The number of hydrogen-bond donors (Lipinski definition) is 2. The SMILES string of the molecule is Nc1cnc(Nc2cccc3cc(Br)cnc23)c(Br)c1. The van der Waals surface area contributed by atoms with Crippen LogP contribution in [0.4, 0.5) is 17.2 Å². The van der Waals surface area contributed by atoms with Crippen molar-refractivity contribution in [2.24, 2.45) is 0 Å². The lowest BCUT2D eigenvalue weighted by Crippen LogP contribution is -1.97. The summed E-state index contributed by atoms with van der Waals surface area (Å²) in [4.78, 5) is 8.72. The second-order valence-electron chi connectivity index (χ2n) is 4.25. The van der Waals surface area contributed by atoms with E-state index < -0.39 is 0 Å². The predicted octanol–water partition coefficient (Wildman–Crippen LogP) is 4.48. The molecule has 0 saturated carbocycles. The van der Waals surface area contributed by atoms with Crippen LogP contribution in [-0.4, -0.2) is 9.97 Å². The van der Waals surface area contributed by atoms with Crippen molar-refractivity contribution in [1.29, 1.82) is 0 Å². The number of rotatable bonds is 2. The third-order valence-corrected chi connectivity index (χ3v) is 3.83. The van der Waals surface area contributed by atoms with Gasteiger partial charge in [-0.3, -0.25) is 4.98 Å². The van der Waals surface area contributed by atoms with Crippen LogP contribution in [0.1, 0.15) is 0 Å². The van der Waals surface area contributed by atoms with Crippen LogP contribution in [0, 0.1) is 0 Å². The van der Waals surface area contributed by atoms with Crippen LogP contribution in [0.3, 0.4) is 0 Å². The van der Waals surface area contributed by atoms with Gasteiger partial charge in [-0.1, -0.05) is 12.1 Å². The van der Waals surface area contributed by atoms with E-state index in [4.69, 9.17) is 5.73 Å². The summed E-state index contributed by atoms with van der Waals surface area (Å²) in [6.45, 7) is 0. The maximum atomic E-state index is 5.69. The Balaban J connectivity index is 2.06. The molecule has 0 aliphatic carbocycles. The first-order valence-electron chi connectivity index (χ1n) is 5.86. The lowest BCUT2D eigenvalue weighted by atomic mass is 10.2. The Morgan fingerprint density at radius 3 is 2.70 bits per heavy atom. The molecule has 0 atom stereocenters. The average molecular weight is 394 g/mol. The first-order valence-corrected chi connectivity index (χ1v) is 7.44. The normalized spacial score (nSPS) is 10.7. The number of nitrogens with two attached hydrogens (primary N) is 1. The van der Waals surface area contributed by atoms with Gasteiger partial charge in [-0.15, -0.1) is 0 Å². The van der Waals surface area contributed by atoms with Crippen molar-refractivity contribution in [3.63, 3.8) is 0 Å². The molecule has 2 heterocycles. The van der Waals surface area contributed by atoms with E-state index in [2.05, 4.69) is 47.1 Å². The Bertz CT molecular complexity index is 789. The van der Waals surface area contributed by atoms with E-state index >= 15 is 0 Å². The summed E-state index contributed by atoms with van der Waals surface area (Å²) in [5.74, 6) is 0.705. The summed E-state index contributed by atoms with van der Waals surface area (Å²) in [5, 5.41) is 4.32. The van der Waals surface area contributed by atoms with Crippen LogP contribution in [0.2, 0.25) is 0 Å². The Morgan fingerprint density at radius 1 is 1.05 bits per heavy atom. The highest BCUT2D eigenvalue weighted by Gasteiger charge is 2.07. The van der Waals surface area contributed by atoms with Gasteiger partial charge in [-0.25, -0.2) is 4.98 Å². The summed E-state index contributed by atoms with van der Waals surface area (Å²) in [5.41, 5.74) is 8.09. The Kier molecular flexibility index (Phi) is 3.58. The molecule has 1 aromatic carbocycles. The molecule has 0 saturated heterocycles. The molecule has 0 fully saturated rings. The van der Waals surface area contributed by atoms with Crippen molar-refractivity contribution < 1.29 is 0 Å². The fourth-order valence-corrected chi connectivity index (χ4v) is 2.72. The van der Waals surface area contributed by atoms with Gasteiger partial charge >= 0.3 is 0 Å². The Hall–Kier alpha value is -1.66. The number of hydrogen-bond acceptors (Lipinski definition) is 4. The van der Waals surface area contributed by atoms with E-state index in [9.17, 15) is 0 Å². The zero-order chi connectivity index (χ0) is 14.1. The molecule has 0 aliphatic heterocycles. The number of nitrogens with zero attached hydrogens (tertiary/aromatic N) is 2. The minimum absolute atomic E-state index is 0.613. The minimum Gasteiger partial charge on any atom is -0.397 e. The molecule has 100 valence electrons. The van der Waals surface area contributed by atoms with Crippen molar-refractivity contribution in [1.82, 2.24) is 9.97 Å². The maximum Gasteiger partial charge on any atom is 0.144 e. The fraction of sp³-hybridized carbons (Fsp3) is 0. The van der Waals surface area contributed by atoms with Crippen molar-refractivity contribution in [2.45, 2.75) is 0 Å². The molecule has 3 N–H and O–H groups in total. The monoisotopic (exact) mass is 392 g/mol. The van der Waals surface area contributed by atoms with Crippen LogP contribution in [0.5, 0.6) is 0 Å². The quantitative estimate of drug-likeness (QED) is 0.673. The van der Waals surface area contributed by atoms with Gasteiger partial charge in [0.25, 0.3) is 0 Å². The smallest absolute Gasteiger partial charge is 0.144 e. The molecule has 6 heteroatoms. The fourth-order valence-electron chi connectivity index (χ4n) is 1.91. The number of para-hydroxylation sites is 1. The maximum absolute atomic E-state index is 5.69. The lowest BCUT2D eigenvalue weighted by molar-refractivity contribution is 1.29. The van der Waals surface area contributed by atoms with Crippen molar-refractivity contribution in [3.8, 4) is 0 Å². The lowest BCUT2D eigenvalue weighted by Gasteiger charge is -2.10. The molecule has 2 aromatic heterocycles. The van der Waals surface area contributed by atoms with Crippen molar-refractivity contribution >= 4 is 60.0 Å². The van der Waals surface area contributed by atoms with Gasteiger partial charge in [-0.05, 0) is 50.1 Å². The van der Waals surface area contributed by atoms with Gasteiger partial charge in [-0.2, -0.15) is 0 Å². The standard InChI is InChI=1S/C14H10Br2N4/c15-9-4-8-2-1-3-12(13(8)18-6-9)20-14-11(16)5-10(17)7-19-14/h1-7H,17H2,(H,19,20). The highest BCUT2D eigenvalue weighted by atomic mass is 79.9. The van der Waals surface area contributed by atoms with Crippen LogP contribution in [0.15, 0.2) is 51.7 Å². The van der Waals surface area contributed by atoms with Crippen LogP contribution < -0.4 is 11.1 Å². The van der Waals surface area contributed by atoms with E-state index in [-0.39, 0.29) is 0 Å². The number of nitrogens with one attached hydrogen (secondary N) is 1. The number of fused-ring (bicyclic) bond motifs is 1. The van der Waals surface area contributed by atoms with Gasteiger partial charge in [0.1, 0.15) is 5.82 Å². The summed E-state index contributed by atoms with van der Waals surface area (Å²) in [6, 6.07) is 9.80. The van der Waals surface area contributed by atoms with E-state index in [0.717, 1.165) is 25.5 Å². The first-order chi connectivity index (χ1) is 9.63. The molecule has 0 radical (unpaired) electrons. The van der Waals surface area contributed by atoms with Gasteiger partial charge in [0.05, 0.1) is 27.6 Å². The van der Waals surface area contributed by atoms with Crippen molar-refractivity contribution in [2.75, 3.05) is 11.1 Å². The number of aromatic nitrogens is 2. The second kappa shape index (κ2) is 5.38. The molecular formula is C14H10Br2N4. The minimum atomic E-state index is 0.613. The molecule has 0 amide bonds. The highest BCUT2D eigenvalue weighted by molar-refractivity contribution is 9.10. The molecule has 0 aliphatic rings. The third-order valence-electron chi connectivity index (χ3n) is 2.79. The number of benzene rings is 1. The van der Waals surface area contributed by atoms with Gasteiger partial charge in [0.15, 0.2) is 0 Å². The molecule has 0 bridgehead atoms. The van der Waals surface area contributed by atoms with Crippen LogP contribution >= 0.6 is 31.9 Å². The van der Waals surface area contributed by atoms with E-state index in [1.54, 1.807) is 12.4 Å². The third kappa shape index (κ3) is 2.62. The summed E-state index contributed by atoms with van der Waals surface area (Å²) in [7, 11) is 0. The molecule has 20 heavy (non-hydrogen) atoms. The number of pyridine rings is 2. The Labute approximate surface area is 132 Å². The number of halogens is 2. The van der Waals surface area contributed by atoms with Gasteiger partial charge < -0.3 is 11.1 Å². The summed E-state index contributed by atoms with van der Waals surface area (Å²) >= 11 is 6.87. The van der Waals surface area contributed by atoms with Gasteiger partial charge in [0.2, 0.25) is 0 Å². The van der Waals surface area contributed by atoms with Crippen LogP contribution in [0.25, 0.3) is 10.9 Å². The van der Waals surface area contributed by atoms with Crippen LogP contribution in [-0.2, 0) is 0 Å². The highest BCUT2D eigenvalue weighted by Crippen LogP contribution is 2.29. The number of anilines is 3. The van der Waals surface area contributed by atoms with E-state index in [1.807, 2.05) is 30.3 Å². The zero-order valence-corrected chi connectivity index (χ0v) is 13.4. The predicted molar refractivity (Wildman–Crippen MR) is 89.1 cm³/mol. The molecule has 0 unspecified atom stereocenters. The molecule has 4 nitrogen and oxygen atoms in total. The van der Waals surface area contributed by atoms with E-state index in [0.29, 0.717) is 11.5 Å². The number of nitrogen functional groups attached to an aromatic ring is 1. The van der Waals surface area contributed by atoms with E-state index in [1.165, 1.54) is 0 Å². The first kappa shape index (κ1) is 13.3. The molecule has 0 spiro atoms. The topological polar surface area (TPSA) is 63.8 Å². The Morgan fingerprint density at radius 2 is 1.90 bits per heavy atom. The zero-order valence-electron chi connectivity index (χ0n) is 10.3. The van der Waals surface area contributed by atoms with Crippen molar-refractivity contribution in [3.05, 3.63) is 51.7 Å². The second-order valence-corrected chi connectivity index (χ2v) is 6.02. The molecule has 3 rings (SSSR count).